The van der Waals surface area contributed by atoms with Gasteiger partial charge in [-0.2, -0.15) is 0 Å². The molecule has 26 heavy (non-hydrogen) atoms. The number of unbranched alkanes of at least 4 members (excludes halogenated alkanes) is 3. The van der Waals surface area contributed by atoms with Crippen molar-refractivity contribution in [3.8, 4) is 0 Å². The van der Waals surface area contributed by atoms with Crippen LogP contribution in [0.4, 0.5) is 0 Å². The predicted molar refractivity (Wildman–Crippen MR) is 124 cm³/mol. The third kappa shape index (κ3) is 7.70. The molecule has 0 nitrogen and oxygen atoms in total. The lowest BCUT2D eigenvalue weighted by atomic mass is 9.99. The van der Waals surface area contributed by atoms with Crippen LogP contribution < -0.4 is 0 Å². The van der Waals surface area contributed by atoms with Gasteiger partial charge in [-0.05, 0) is 80.7 Å². The lowest BCUT2D eigenvalue weighted by Gasteiger charge is -2.38. The van der Waals surface area contributed by atoms with Gasteiger partial charge in [0.25, 0.3) is 0 Å². The summed E-state index contributed by atoms with van der Waals surface area (Å²) in [6.45, 7) is 0. The van der Waals surface area contributed by atoms with E-state index in [1.54, 1.807) is 95.8 Å². The molecular weight excluding hydrogens is 350 g/mol. The summed E-state index contributed by atoms with van der Waals surface area (Å²) in [7, 11) is 1.67. The number of hydrogen-bond donors (Lipinski definition) is 0. The smallest absolute Gasteiger partial charge is 0.0207 e. The zero-order valence-corrected chi connectivity index (χ0v) is 19.4. The molecule has 0 spiro atoms. The minimum atomic E-state index is 0.370. The highest BCUT2D eigenvalue weighted by molar-refractivity contribution is 7.59. The third-order valence-corrected chi connectivity index (χ3v) is 13.0. The van der Waals surface area contributed by atoms with Gasteiger partial charge in [0.05, 0.1) is 0 Å². The van der Waals surface area contributed by atoms with Crippen LogP contribution in [0, 0.1) is 0 Å². The van der Waals surface area contributed by atoms with E-state index >= 15 is 0 Å². The van der Waals surface area contributed by atoms with Crippen LogP contribution >= 0.6 is 16.5 Å². The molecule has 0 N–H and O–H groups in total. The van der Waals surface area contributed by atoms with Gasteiger partial charge in [0.15, 0.2) is 0 Å². The first-order valence-corrected chi connectivity index (χ1v) is 15.4. The molecule has 3 rings (SSSR count). The van der Waals surface area contributed by atoms with Gasteiger partial charge in [-0.3, -0.25) is 0 Å². The molecule has 0 aliphatic heterocycles. The summed E-state index contributed by atoms with van der Waals surface area (Å²) < 4.78 is 0. The Morgan fingerprint density at radius 2 is 1.04 bits per heavy atom. The second-order valence-corrected chi connectivity index (χ2v) is 14.2. The van der Waals surface area contributed by atoms with Gasteiger partial charge in [-0.15, -0.1) is 16.5 Å². The van der Waals surface area contributed by atoms with Crippen LogP contribution in [0.2, 0.25) is 0 Å². The van der Waals surface area contributed by atoms with Crippen LogP contribution in [0.5, 0.6) is 0 Å². The van der Waals surface area contributed by atoms with Crippen LogP contribution in [0.25, 0.3) is 0 Å². The molecule has 1 unspecified atom stereocenters. The van der Waals surface area contributed by atoms with Gasteiger partial charge in [-0.25, -0.2) is 0 Å². The zero-order valence-electron chi connectivity index (χ0n) is 17.5. The molecule has 3 fully saturated rings. The monoisotopic (exact) mass is 396 g/mol. The molecule has 0 aromatic rings. The fourth-order valence-electron chi connectivity index (χ4n) is 5.87. The van der Waals surface area contributed by atoms with Gasteiger partial charge in [0, 0.05) is 0 Å². The zero-order chi connectivity index (χ0) is 17.9. The molecule has 0 saturated heterocycles. The van der Waals surface area contributed by atoms with Crippen LogP contribution in [0.15, 0.2) is 0 Å². The second kappa shape index (κ2) is 13.2. The Balaban J connectivity index is 1.29. The first kappa shape index (κ1) is 21.6. The normalized spacial score (nSPS) is 24.8. The molecule has 2 heteroatoms. The predicted octanol–water partition coefficient (Wildman–Crippen LogP) is 8.71. The molecule has 0 heterocycles. The van der Waals surface area contributed by atoms with Gasteiger partial charge in [0.1, 0.15) is 0 Å². The van der Waals surface area contributed by atoms with E-state index in [0.717, 1.165) is 5.66 Å². The van der Waals surface area contributed by atoms with Crippen molar-refractivity contribution in [2.24, 2.45) is 0 Å². The van der Waals surface area contributed by atoms with Crippen molar-refractivity contribution in [2.75, 3.05) is 12.3 Å². The minimum absolute atomic E-state index is 0.370. The van der Waals surface area contributed by atoms with E-state index in [0.29, 0.717) is 7.92 Å². The quantitative estimate of drug-likeness (QED) is 0.256. The maximum absolute atomic E-state index is 1.65. The Kier molecular flexibility index (Phi) is 10.9. The third-order valence-electron chi connectivity index (χ3n) is 7.47. The van der Waals surface area contributed by atoms with E-state index in [4.69, 9.17) is 0 Å². The van der Waals surface area contributed by atoms with Crippen molar-refractivity contribution in [3.05, 3.63) is 0 Å². The largest absolute Gasteiger partial charge is 0.119 e. The Morgan fingerprint density at radius 1 is 0.538 bits per heavy atom. The highest BCUT2D eigenvalue weighted by Gasteiger charge is 2.30. The summed E-state index contributed by atoms with van der Waals surface area (Å²) in [6, 6.07) is 0. The molecule has 0 aromatic heterocycles. The summed E-state index contributed by atoms with van der Waals surface area (Å²) in [5.41, 5.74) is 3.48. The topological polar surface area (TPSA) is 0 Å². The number of rotatable bonds is 10. The molecule has 0 amide bonds. The van der Waals surface area contributed by atoms with Crippen LogP contribution in [-0.4, -0.2) is 29.3 Å². The van der Waals surface area contributed by atoms with Crippen molar-refractivity contribution in [3.63, 3.8) is 0 Å². The molecule has 0 radical (unpaired) electrons. The average molecular weight is 397 g/mol. The van der Waals surface area contributed by atoms with E-state index in [2.05, 4.69) is 0 Å². The fourth-order valence-corrected chi connectivity index (χ4v) is 11.5. The second-order valence-electron chi connectivity index (χ2n) is 9.52. The molecule has 3 saturated carbocycles. The van der Waals surface area contributed by atoms with E-state index < -0.39 is 0 Å². The van der Waals surface area contributed by atoms with Gasteiger partial charge in [-0.1, -0.05) is 70.6 Å². The average Bonchev–Trinajstić information content (AvgIpc) is 2.72. The highest BCUT2D eigenvalue weighted by atomic mass is 31.1. The first-order chi connectivity index (χ1) is 12.9. The summed E-state index contributed by atoms with van der Waals surface area (Å²) in [4.78, 5) is 0. The van der Waals surface area contributed by atoms with E-state index in [9.17, 15) is 0 Å². The van der Waals surface area contributed by atoms with Crippen LogP contribution in [-0.2, 0) is 0 Å². The molecule has 0 bridgehead atoms. The van der Waals surface area contributed by atoms with Crippen LogP contribution in [0.1, 0.15) is 122 Å². The van der Waals surface area contributed by atoms with Gasteiger partial charge < -0.3 is 0 Å². The molecule has 1 atom stereocenters. The van der Waals surface area contributed by atoms with Crippen LogP contribution in [0.3, 0.4) is 0 Å². The summed E-state index contributed by atoms with van der Waals surface area (Å²) in [5, 5.41) is 0. The standard InChI is InChI=1S/C24H46P2/c1(12-20-25-22-14-6-3-7-15-22)2-13-21-26(23-16-8-4-9-17-23)24-18-10-5-11-19-24/h22-25H,1-21H2. The Morgan fingerprint density at radius 3 is 1.62 bits per heavy atom. The molecule has 3 aliphatic rings. The SMILES string of the molecule is C(CCCP(C1CCCCC1)C1CCCCC1)CCPC1CCCCC1. The van der Waals surface area contributed by atoms with Crippen molar-refractivity contribution in [1.82, 2.24) is 0 Å². The Labute approximate surface area is 168 Å². The molecule has 0 aromatic carbocycles. The van der Waals surface area contributed by atoms with Crippen molar-refractivity contribution >= 4 is 16.5 Å². The summed E-state index contributed by atoms with van der Waals surface area (Å²) >= 11 is 0. The maximum atomic E-state index is 1.65. The molecule has 3 aliphatic carbocycles. The lowest BCUT2D eigenvalue weighted by molar-refractivity contribution is 0.483. The molecule has 152 valence electrons. The highest BCUT2D eigenvalue weighted by Crippen LogP contribution is 2.56. The van der Waals surface area contributed by atoms with Gasteiger partial charge >= 0.3 is 0 Å². The lowest BCUT2D eigenvalue weighted by Crippen LogP contribution is -2.22. The molecular formula is C24H46P2. The maximum Gasteiger partial charge on any atom is -0.0207 e. The number of hydrogen-bond acceptors (Lipinski definition) is 0. The summed E-state index contributed by atoms with van der Waals surface area (Å²) in [6.07, 6.45) is 32.8. The van der Waals surface area contributed by atoms with Crippen molar-refractivity contribution in [2.45, 2.75) is 139 Å². The van der Waals surface area contributed by atoms with E-state index in [1.807, 2.05) is 0 Å². The van der Waals surface area contributed by atoms with Crippen molar-refractivity contribution in [1.29, 1.82) is 0 Å². The minimum Gasteiger partial charge on any atom is -0.119 e. The first-order valence-electron chi connectivity index (χ1n) is 12.4. The Bertz CT molecular complexity index is 320. The summed E-state index contributed by atoms with van der Waals surface area (Å²) in [5.74, 6) is 0. The van der Waals surface area contributed by atoms with Gasteiger partial charge in [0.2, 0.25) is 0 Å². The van der Waals surface area contributed by atoms with Crippen molar-refractivity contribution < 1.29 is 0 Å². The fraction of sp³-hybridized carbons (Fsp3) is 1.00. The van der Waals surface area contributed by atoms with E-state index in [-0.39, 0.29) is 0 Å². The van der Waals surface area contributed by atoms with E-state index in [1.165, 1.54) is 58.4 Å². The Hall–Kier alpha value is 0.860.